The fourth-order valence-electron chi connectivity index (χ4n) is 1.93. The SMILES string of the molecule is CC(C)=C1CCCCC1[NH-].[Cl-].[Cl-].[Ti+4].c1cc[cH-]c1. The van der Waals surface area contributed by atoms with Gasteiger partial charge in [-0.1, -0.05) is 24.0 Å². The molecule has 1 aliphatic carbocycles. The van der Waals surface area contributed by atoms with Crippen LogP contribution in [0.4, 0.5) is 0 Å². The summed E-state index contributed by atoms with van der Waals surface area (Å²) in [6, 6.07) is 10.1. The molecule has 1 aliphatic rings. The third-order valence-electron chi connectivity index (χ3n) is 2.81. The van der Waals surface area contributed by atoms with Crippen LogP contribution in [0.15, 0.2) is 41.5 Å². The predicted molar refractivity (Wildman–Crippen MR) is 67.0 cm³/mol. The summed E-state index contributed by atoms with van der Waals surface area (Å²) in [5.41, 5.74) is 10.5. The summed E-state index contributed by atoms with van der Waals surface area (Å²) in [5.74, 6) is 0. The van der Waals surface area contributed by atoms with Crippen molar-refractivity contribution in [1.29, 1.82) is 0 Å². The molecular formula is C14H21Cl2NTi. The van der Waals surface area contributed by atoms with Crippen molar-refractivity contribution in [2.24, 2.45) is 0 Å². The van der Waals surface area contributed by atoms with E-state index in [-0.39, 0.29) is 52.6 Å². The Morgan fingerprint density at radius 1 is 1.17 bits per heavy atom. The number of hydrogen-bond donors (Lipinski definition) is 0. The normalized spacial score (nSPS) is 17.1. The van der Waals surface area contributed by atoms with Gasteiger partial charge in [0.2, 0.25) is 0 Å². The van der Waals surface area contributed by atoms with Crippen LogP contribution < -0.4 is 24.8 Å². The van der Waals surface area contributed by atoms with Crippen molar-refractivity contribution in [3.05, 3.63) is 47.2 Å². The van der Waals surface area contributed by atoms with Crippen LogP contribution >= 0.6 is 0 Å². The molecule has 1 aromatic rings. The minimum Gasteiger partial charge on any atom is -1.00 e. The molecule has 1 saturated carbocycles. The molecule has 18 heavy (non-hydrogen) atoms. The van der Waals surface area contributed by atoms with Crippen molar-refractivity contribution in [3.8, 4) is 0 Å². The standard InChI is InChI=1S/C9H16N.C5H5.2ClH.Ti/c1-7(2)8-5-3-4-6-9(8)10;1-2-4-5-3-1;;;/h9-10H,3-6H2,1-2H3;1-5H;2*1H;/q2*-1;;;+4/p-2. The molecule has 1 nitrogen and oxygen atoms in total. The molecule has 1 atom stereocenters. The van der Waals surface area contributed by atoms with Crippen molar-refractivity contribution < 1.29 is 46.5 Å². The second-order valence-corrected chi connectivity index (χ2v) is 4.29. The van der Waals surface area contributed by atoms with Crippen LogP contribution in [0.1, 0.15) is 39.5 Å². The van der Waals surface area contributed by atoms with Gasteiger partial charge in [-0.05, 0) is 26.7 Å². The first-order valence-electron chi connectivity index (χ1n) is 5.76. The maximum absolute atomic E-state index is 7.70. The van der Waals surface area contributed by atoms with Gasteiger partial charge in [0.25, 0.3) is 0 Å². The molecule has 4 heteroatoms. The third-order valence-corrected chi connectivity index (χ3v) is 2.81. The van der Waals surface area contributed by atoms with Gasteiger partial charge in [0.15, 0.2) is 0 Å². The Balaban J connectivity index is -0.000000245. The van der Waals surface area contributed by atoms with E-state index in [4.69, 9.17) is 5.73 Å². The first kappa shape index (κ1) is 23.4. The fourth-order valence-corrected chi connectivity index (χ4v) is 1.93. The van der Waals surface area contributed by atoms with Crippen LogP contribution in [0.2, 0.25) is 0 Å². The van der Waals surface area contributed by atoms with Crippen LogP contribution in [-0.2, 0) is 21.7 Å². The molecule has 0 spiro atoms. The largest absolute Gasteiger partial charge is 4.00 e. The Hall–Kier alpha value is 0.344. The van der Waals surface area contributed by atoms with Gasteiger partial charge >= 0.3 is 21.7 Å². The van der Waals surface area contributed by atoms with E-state index in [1.165, 1.54) is 30.4 Å². The smallest absolute Gasteiger partial charge is 1.00 e. The Bertz CT molecular complexity index is 276. The zero-order chi connectivity index (χ0) is 11.1. The van der Waals surface area contributed by atoms with Gasteiger partial charge in [0.1, 0.15) is 0 Å². The molecule has 0 amide bonds. The molecule has 1 fully saturated rings. The molecule has 0 aromatic heterocycles. The van der Waals surface area contributed by atoms with Crippen LogP contribution in [-0.4, -0.2) is 6.04 Å². The van der Waals surface area contributed by atoms with Gasteiger partial charge in [-0.15, -0.1) is 6.04 Å². The average Bonchev–Trinajstić information content (AvgIpc) is 2.75. The molecule has 0 bridgehead atoms. The quantitative estimate of drug-likeness (QED) is 0.323. The summed E-state index contributed by atoms with van der Waals surface area (Å²) < 4.78 is 0. The van der Waals surface area contributed by atoms with Gasteiger partial charge in [-0.2, -0.15) is 18.2 Å². The van der Waals surface area contributed by atoms with Crippen LogP contribution in [0, 0.1) is 0 Å². The van der Waals surface area contributed by atoms with Crippen molar-refractivity contribution in [2.45, 2.75) is 45.6 Å². The maximum Gasteiger partial charge on any atom is 4.00 e. The van der Waals surface area contributed by atoms with E-state index in [1.807, 2.05) is 30.3 Å². The van der Waals surface area contributed by atoms with Gasteiger partial charge in [0.05, 0.1) is 0 Å². The van der Waals surface area contributed by atoms with Crippen molar-refractivity contribution in [2.75, 3.05) is 0 Å². The fraction of sp³-hybridized carbons (Fsp3) is 0.500. The second kappa shape index (κ2) is 13.8. The number of halogens is 2. The van der Waals surface area contributed by atoms with Crippen molar-refractivity contribution >= 4 is 0 Å². The van der Waals surface area contributed by atoms with Gasteiger partial charge in [0, 0.05) is 0 Å². The third kappa shape index (κ3) is 9.30. The summed E-state index contributed by atoms with van der Waals surface area (Å²) in [6.45, 7) is 4.25. The maximum atomic E-state index is 7.70. The number of allylic oxidation sites excluding steroid dienone is 1. The van der Waals surface area contributed by atoms with Gasteiger partial charge < -0.3 is 30.5 Å². The van der Waals surface area contributed by atoms with E-state index in [1.54, 1.807) is 0 Å². The average molecular weight is 322 g/mol. The minimum absolute atomic E-state index is 0. The Kier molecular flexibility index (Phi) is 17.9. The molecule has 0 radical (unpaired) electrons. The van der Waals surface area contributed by atoms with Gasteiger partial charge in [-0.3, -0.25) is 0 Å². The molecule has 0 heterocycles. The molecule has 0 saturated heterocycles. The van der Waals surface area contributed by atoms with E-state index in [0.717, 1.165) is 6.42 Å². The number of nitrogens with one attached hydrogen (secondary N) is 1. The first-order chi connectivity index (χ1) is 7.22. The van der Waals surface area contributed by atoms with Crippen molar-refractivity contribution in [1.82, 2.24) is 0 Å². The number of rotatable bonds is 0. The molecule has 2 rings (SSSR count). The molecule has 100 valence electrons. The molecule has 0 aliphatic heterocycles. The summed E-state index contributed by atoms with van der Waals surface area (Å²) in [4.78, 5) is 0. The zero-order valence-electron chi connectivity index (χ0n) is 11.0. The van der Waals surface area contributed by atoms with E-state index < -0.39 is 0 Å². The van der Waals surface area contributed by atoms with E-state index in [9.17, 15) is 0 Å². The molecule has 1 aromatic carbocycles. The van der Waals surface area contributed by atoms with Crippen LogP contribution in [0.25, 0.3) is 5.73 Å². The summed E-state index contributed by atoms with van der Waals surface area (Å²) in [7, 11) is 0. The summed E-state index contributed by atoms with van der Waals surface area (Å²) in [6.07, 6.45) is 4.82. The van der Waals surface area contributed by atoms with E-state index >= 15 is 0 Å². The monoisotopic (exact) mass is 321 g/mol. The summed E-state index contributed by atoms with van der Waals surface area (Å²) in [5, 5.41) is 0. The van der Waals surface area contributed by atoms with Gasteiger partial charge in [-0.25, -0.2) is 12.1 Å². The minimum atomic E-state index is 0. The Morgan fingerprint density at radius 3 is 2.00 bits per heavy atom. The topological polar surface area (TPSA) is 23.8 Å². The molecular weight excluding hydrogens is 301 g/mol. The molecule has 1 unspecified atom stereocenters. The van der Waals surface area contributed by atoms with Crippen LogP contribution in [0.5, 0.6) is 0 Å². The van der Waals surface area contributed by atoms with Crippen LogP contribution in [0.3, 0.4) is 0 Å². The Labute approximate surface area is 139 Å². The molecule has 1 N–H and O–H groups in total. The zero-order valence-corrected chi connectivity index (χ0v) is 14.1. The second-order valence-electron chi connectivity index (χ2n) is 4.29. The van der Waals surface area contributed by atoms with E-state index in [0.29, 0.717) is 0 Å². The predicted octanol–water partition coefficient (Wildman–Crippen LogP) is -1.27. The van der Waals surface area contributed by atoms with Crippen molar-refractivity contribution in [3.63, 3.8) is 0 Å². The Morgan fingerprint density at radius 2 is 1.72 bits per heavy atom. The summed E-state index contributed by atoms with van der Waals surface area (Å²) >= 11 is 0. The number of hydrogen-bond acceptors (Lipinski definition) is 0. The van der Waals surface area contributed by atoms with E-state index in [2.05, 4.69) is 13.8 Å². The first-order valence-corrected chi connectivity index (χ1v) is 5.76.